The van der Waals surface area contributed by atoms with E-state index in [1.807, 2.05) is 60.7 Å². The van der Waals surface area contributed by atoms with Gasteiger partial charge in [0.1, 0.15) is 0 Å². The van der Waals surface area contributed by atoms with Crippen molar-refractivity contribution in [1.82, 2.24) is 0 Å². The Morgan fingerprint density at radius 3 is 1.81 bits per heavy atom. The monoisotopic (exact) mass is 305 g/mol. The Labute approximate surface area is 126 Å². The molecule has 0 bridgehead atoms. The molecule has 0 fully saturated rings. The summed E-state index contributed by atoms with van der Waals surface area (Å²) in [7, 11) is -3.37. The van der Waals surface area contributed by atoms with Crippen LogP contribution >= 0.6 is 0 Å². The lowest BCUT2D eigenvalue weighted by Gasteiger charge is -2.25. The fourth-order valence-corrected chi connectivity index (χ4v) is 2.48. The molecule has 4 nitrogen and oxygen atoms in total. The molecule has 0 aliphatic rings. The number of hydrogen-bond acceptors (Lipinski definition) is 4. The largest absolute Gasteiger partial charge is 0.341 e. The smallest absolute Gasteiger partial charge is 0.264 e. The highest BCUT2D eigenvalue weighted by molar-refractivity contribution is 7.85. The topological polar surface area (TPSA) is 46.6 Å². The highest BCUT2D eigenvalue weighted by atomic mass is 32.2. The molecule has 21 heavy (non-hydrogen) atoms. The maximum atomic E-state index is 11.0. The molecule has 0 aliphatic carbocycles. The van der Waals surface area contributed by atoms with E-state index in [1.54, 1.807) is 0 Å². The first-order valence-corrected chi connectivity index (χ1v) is 8.60. The van der Waals surface area contributed by atoms with E-state index < -0.39 is 10.1 Å². The van der Waals surface area contributed by atoms with Crippen LogP contribution in [0.2, 0.25) is 0 Å². The van der Waals surface area contributed by atoms with Gasteiger partial charge in [0.15, 0.2) is 0 Å². The third kappa shape index (κ3) is 5.21. The average Bonchev–Trinajstić information content (AvgIpc) is 2.48. The van der Waals surface area contributed by atoms with E-state index in [0.717, 1.165) is 17.6 Å². The Kier molecular flexibility index (Phi) is 5.36. The van der Waals surface area contributed by atoms with Crippen LogP contribution in [0.4, 0.5) is 11.4 Å². The highest BCUT2D eigenvalue weighted by Crippen LogP contribution is 2.24. The summed E-state index contributed by atoms with van der Waals surface area (Å²) in [5.41, 5.74) is 2.14. The van der Waals surface area contributed by atoms with Gasteiger partial charge < -0.3 is 4.90 Å². The third-order valence-corrected chi connectivity index (χ3v) is 3.55. The van der Waals surface area contributed by atoms with E-state index in [-0.39, 0.29) is 6.61 Å². The van der Waals surface area contributed by atoms with E-state index in [2.05, 4.69) is 4.90 Å². The zero-order valence-electron chi connectivity index (χ0n) is 12.0. The first-order chi connectivity index (χ1) is 10.1. The predicted octanol–water partition coefficient (Wildman–Crippen LogP) is 3.19. The second kappa shape index (κ2) is 7.24. The van der Waals surface area contributed by atoms with Crippen molar-refractivity contribution < 1.29 is 12.6 Å². The molecule has 5 heteroatoms. The SMILES string of the molecule is CS(=O)(=O)OCCCN(c1ccccc1)c1ccccc1. The van der Waals surface area contributed by atoms with Gasteiger partial charge in [-0.25, -0.2) is 0 Å². The Hall–Kier alpha value is -1.85. The molecule has 0 spiro atoms. The van der Waals surface area contributed by atoms with Crippen molar-refractivity contribution in [2.24, 2.45) is 0 Å². The van der Waals surface area contributed by atoms with Gasteiger partial charge in [-0.05, 0) is 30.7 Å². The van der Waals surface area contributed by atoms with Gasteiger partial charge in [-0.2, -0.15) is 8.42 Å². The summed E-state index contributed by atoms with van der Waals surface area (Å²) in [6, 6.07) is 20.0. The fraction of sp³-hybridized carbons (Fsp3) is 0.250. The molecule has 0 unspecified atom stereocenters. The lowest BCUT2D eigenvalue weighted by atomic mass is 10.2. The van der Waals surface area contributed by atoms with Crippen molar-refractivity contribution in [3.63, 3.8) is 0 Å². The van der Waals surface area contributed by atoms with E-state index in [4.69, 9.17) is 4.18 Å². The van der Waals surface area contributed by atoms with Crippen LogP contribution in [0.15, 0.2) is 60.7 Å². The summed E-state index contributed by atoms with van der Waals surface area (Å²) >= 11 is 0. The Balaban J connectivity index is 2.07. The number of nitrogens with zero attached hydrogens (tertiary/aromatic N) is 1. The van der Waals surface area contributed by atoms with E-state index in [0.29, 0.717) is 13.0 Å². The van der Waals surface area contributed by atoms with Crippen molar-refractivity contribution in [3.8, 4) is 0 Å². The fourth-order valence-electron chi connectivity index (χ4n) is 2.06. The molecule has 0 saturated heterocycles. The summed E-state index contributed by atoms with van der Waals surface area (Å²) in [5, 5.41) is 0. The highest BCUT2D eigenvalue weighted by Gasteiger charge is 2.09. The lowest BCUT2D eigenvalue weighted by Crippen LogP contribution is -2.20. The van der Waals surface area contributed by atoms with Crippen LogP contribution in [0.1, 0.15) is 6.42 Å². The molecule has 0 amide bonds. The van der Waals surface area contributed by atoms with Crippen LogP contribution in [-0.4, -0.2) is 27.8 Å². The van der Waals surface area contributed by atoms with Gasteiger partial charge in [-0.3, -0.25) is 4.18 Å². The average molecular weight is 305 g/mol. The first-order valence-electron chi connectivity index (χ1n) is 6.78. The minimum atomic E-state index is -3.37. The molecule has 0 aromatic heterocycles. The Morgan fingerprint density at radius 1 is 0.905 bits per heavy atom. The molecule has 0 N–H and O–H groups in total. The van der Waals surface area contributed by atoms with Gasteiger partial charge in [-0.15, -0.1) is 0 Å². The van der Waals surface area contributed by atoms with Crippen molar-refractivity contribution in [1.29, 1.82) is 0 Å². The van der Waals surface area contributed by atoms with Crippen molar-refractivity contribution in [3.05, 3.63) is 60.7 Å². The minimum absolute atomic E-state index is 0.189. The van der Waals surface area contributed by atoms with E-state index in [1.165, 1.54) is 0 Å². The standard InChI is InChI=1S/C16H19NO3S/c1-21(18,19)20-14-8-13-17(15-9-4-2-5-10-15)16-11-6-3-7-12-16/h2-7,9-12H,8,13-14H2,1H3. The van der Waals surface area contributed by atoms with Gasteiger partial charge in [0.05, 0.1) is 12.9 Å². The van der Waals surface area contributed by atoms with Gasteiger partial charge in [0.2, 0.25) is 0 Å². The van der Waals surface area contributed by atoms with Crippen LogP contribution in [0.5, 0.6) is 0 Å². The van der Waals surface area contributed by atoms with Crippen LogP contribution in [0.25, 0.3) is 0 Å². The van der Waals surface area contributed by atoms with Gasteiger partial charge in [-0.1, -0.05) is 36.4 Å². The van der Waals surface area contributed by atoms with Crippen LogP contribution < -0.4 is 4.90 Å². The summed E-state index contributed by atoms with van der Waals surface area (Å²) in [4.78, 5) is 2.14. The van der Waals surface area contributed by atoms with Crippen LogP contribution in [-0.2, 0) is 14.3 Å². The molecule has 0 radical (unpaired) electrons. The summed E-state index contributed by atoms with van der Waals surface area (Å²) in [6.07, 6.45) is 1.69. The van der Waals surface area contributed by atoms with Crippen molar-refractivity contribution in [2.45, 2.75) is 6.42 Å². The number of rotatable bonds is 7. The maximum Gasteiger partial charge on any atom is 0.264 e. The molecular weight excluding hydrogens is 286 g/mol. The van der Waals surface area contributed by atoms with Crippen LogP contribution in [0.3, 0.4) is 0 Å². The third-order valence-electron chi connectivity index (χ3n) is 2.96. The summed E-state index contributed by atoms with van der Waals surface area (Å²) in [6.45, 7) is 0.874. The van der Waals surface area contributed by atoms with Crippen molar-refractivity contribution >= 4 is 21.5 Å². The van der Waals surface area contributed by atoms with Crippen LogP contribution in [0, 0.1) is 0 Å². The number of benzene rings is 2. The van der Waals surface area contributed by atoms with Crippen molar-refractivity contribution in [2.75, 3.05) is 24.3 Å². The Bertz CT molecular complexity index is 602. The molecule has 0 heterocycles. The number of para-hydroxylation sites is 2. The summed E-state index contributed by atoms with van der Waals surface area (Å²) < 4.78 is 26.8. The quantitative estimate of drug-likeness (QED) is 0.582. The van der Waals surface area contributed by atoms with Gasteiger partial charge in [0.25, 0.3) is 10.1 Å². The molecule has 2 aromatic carbocycles. The lowest BCUT2D eigenvalue weighted by molar-refractivity contribution is 0.318. The van der Waals surface area contributed by atoms with Gasteiger partial charge >= 0.3 is 0 Å². The summed E-state index contributed by atoms with van der Waals surface area (Å²) in [5.74, 6) is 0. The first kappa shape index (κ1) is 15.5. The normalized spacial score (nSPS) is 11.3. The molecule has 2 rings (SSSR count). The molecule has 112 valence electrons. The second-order valence-corrected chi connectivity index (χ2v) is 6.35. The molecular formula is C16H19NO3S. The molecule has 0 atom stereocenters. The Morgan fingerprint density at radius 2 is 1.38 bits per heavy atom. The number of hydrogen-bond donors (Lipinski definition) is 0. The number of anilines is 2. The second-order valence-electron chi connectivity index (χ2n) is 4.70. The molecule has 2 aromatic rings. The predicted molar refractivity (Wildman–Crippen MR) is 85.3 cm³/mol. The zero-order valence-corrected chi connectivity index (χ0v) is 12.8. The van der Waals surface area contributed by atoms with E-state index >= 15 is 0 Å². The molecule has 0 saturated carbocycles. The minimum Gasteiger partial charge on any atom is -0.341 e. The zero-order chi connectivity index (χ0) is 15.1. The molecule has 0 aliphatic heterocycles. The maximum absolute atomic E-state index is 11.0. The van der Waals surface area contributed by atoms with E-state index in [9.17, 15) is 8.42 Å². The van der Waals surface area contributed by atoms with Gasteiger partial charge in [0, 0.05) is 17.9 Å².